The van der Waals surface area contributed by atoms with Crippen molar-refractivity contribution in [3.8, 4) is 0 Å². The highest BCUT2D eigenvalue weighted by Crippen LogP contribution is 2.34. The van der Waals surface area contributed by atoms with Crippen LogP contribution < -0.4 is 0 Å². The van der Waals surface area contributed by atoms with Gasteiger partial charge in [0.05, 0.1) is 18.6 Å². The number of carbonyl (C=O) groups is 2. The standard InChI is InChI=1S/C20H18F2O4/c1-20(2)25-11-18(26-20)15-8-4-7-14(19(15)22)17(24)10-16(23)12-5-3-6-13(21)9-12/h3-9,18H,10-11H2,1-2H3/t18-/m0/s1. The van der Waals surface area contributed by atoms with E-state index in [1.807, 2.05) is 0 Å². The lowest BCUT2D eigenvalue weighted by atomic mass is 9.98. The van der Waals surface area contributed by atoms with Crippen molar-refractivity contribution in [1.29, 1.82) is 0 Å². The minimum atomic E-state index is -0.829. The molecule has 0 saturated carbocycles. The normalized spacial score (nSPS) is 18.7. The maximum atomic E-state index is 14.8. The molecule has 0 N–H and O–H groups in total. The van der Waals surface area contributed by atoms with Gasteiger partial charge in [-0.1, -0.05) is 24.3 Å². The second-order valence-corrected chi connectivity index (χ2v) is 6.56. The smallest absolute Gasteiger partial charge is 0.173 e. The van der Waals surface area contributed by atoms with Gasteiger partial charge in [-0.25, -0.2) is 8.78 Å². The van der Waals surface area contributed by atoms with E-state index in [0.29, 0.717) is 0 Å². The Kier molecular flexibility index (Phi) is 4.98. The molecule has 6 heteroatoms. The number of rotatable bonds is 5. The molecule has 136 valence electrons. The lowest BCUT2D eigenvalue weighted by Crippen LogP contribution is -2.20. The molecule has 1 aliphatic rings. The Labute approximate surface area is 149 Å². The van der Waals surface area contributed by atoms with Gasteiger partial charge in [0.1, 0.15) is 17.7 Å². The summed E-state index contributed by atoms with van der Waals surface area (Å²) in [7, 11) is 0. The summed E-state index contributed by atoms with van der Waals surface area (Å²) in [6, 6.07) is 9.43. The van der Waals surface area contributed by atoms with E-state index in [-0.39, 0.29) is 23.3 Å². The van der Waals surface area contributed by atoms with Gasteiger partial charge in [0, 0.05) is 11.1 Å². The van der Waals surface area contributed by atoms with Crippen molar-refractivity contribution in [3.63, 3.8) is 0 Å². The first-order chi connectivity index (χ1) is 12.3. The van der Waals surface area contributed by atoms with E-state index in [0.717, 1.165) is 6.07 Å². The first-order valence-corrected chi connectivity index (χ1v) is 8.19. The zero-order valence-corrected chi connectivity index (χ0v) is 14.4. The molecule has 0 aliphatic carbocycles. The monoisotopic (exact) mass is 360 g/mol. The summed E-state index contributed by atoms with van der Waals surface area (Å²) in [4.78, 5) is 24.6. The Morgan fingerprint density at radius 3 is 2.50 bits per heavy atom. The Morgan fingerprint density at radius 1 is 1.12 bits per heavy atom. The third-order valence-electron chi connectivity index (χ3n) is 4.15. The number of benzene rings is 2. The molecule has 0 spiro atoms. The average Bonchev–Trinajstić information content (AvgIpc) is 2.94. The predicted molar refractivity (Wildman–Crippen MR) is 89.9 cm³/mol. The van der Waals surface area contributed by atoms with Gasteiger partial charge < -0.3 is 9.47 Å². The summed E-state index contributed by atoms with van der Waals surface area (Å²) in [6.45, 7) is 3.61. The Balaban J connectivity index is 1.80. The molecule has 1 aliphatic heterocycles. The summed E-state index contributed by atoms with van der Waals surface area (Å²) in [5, 5.41) is 0. The van der Waals surface area contributed by atoms with Crippen LogP contribution in [0.3, 0.4) is 0 Å². The van der Waals surface area contributed by atoms with Crippen molar-refractivity contribution in [1.82, 2.24) is 0 Å². The van der Waals surface area contributed by atoms with E-state index in [2.05, 4.69) is 0 Å². The van der Waals surface area contributed by atoms with Crippen molar-refractivity contribution in [3.05, 3.63) is 70.8 Å². The topological polar surface area (TPSA) is 52.6 Å². The highest BCUT2D eigenvalue weighted by Gasteiger charge is 2.35. The predicted octanol–water partition coefficient (Wildman–Crippen LogP) is 4.24. The second kappa shape index (κ2) is 7.05. The van der Waals surface area contributed by atoms with Gasteiger partial charge in [0.25, 0.3) is 0 Å². The lowest BCUT2D eigenvalue weighted by molar-refractivity contribution is -0.139. The summed E-state index contributed by atoms with van der Waals surface area (Å²) in [5.41, 5.74) is 0.0874. The molecule has 0 radical (unpaired) electrons. The summed E-state index contributed by atoms with van der Waals surface area (Å²) in [5.74, 6) is -3.37. The number of ketones is 2. The van der Waals surface area contributed by atoms with E-state index >= 15 is 0 Å². The van der Waals surface area contributed by atoms with E-state index in [1.165, 1.54) is 36.4 Å². The molecular formula is C20H18F2O4. The van der Waals surface area contributed by atoms with Crippen LogP contribution in [0, 0.1) is 11.6 Å². The number of hydrogen-bond donors (Lipinski definition) is 0. The zero-order valence-electron chi connectivity index (χ0n) is 14.4. The van der Waals surface area contributed by atoms with Crippen LogP contribution in [0.2, 0.25) is 0 Å². The van der Waals surface area contributed by atoms with Crippen molar-refractivity contribution in [2.75, 3.05) is 6.61 Å². The average molecular weight is 360 g/mol. The minimum absolute atomic E-state index is 0.0733. The first kappa shape index (κ1) is 18.4. The molecule has 0 amide bonds. The third-order valence-corrected chi connectivity index (χ3v) is 4.15. The summed E-state index contributed by atoms with van der Waals surface area (Å²) >= 11 is 0. The maximum absolute atomic E-state index is 14.8. The maximum Gasteiger partial charge on any atom is 0.173 e. The summed E-state index contributed by atoms with van der Waals surface area (Å²) < 4.78 is 39.1. The van der Waals surface area contributed by atoms with E-state index in [9.17, 15) is 18.4 Å². The largest absolute Gasteiger partial charge is 0.347 e. The fraction of sp³-hybridized carbons (Fsp3) is 0.300. The minimum Gasteiger partial charge on any atom is -0.347 e. The molecule has 0 unspecified atom stereocenters. The van der Waals surface area contributed by atoms with Crippen LogP contribution in [0.15, 0.2) is 42.5 Å². The highest BCUT2D eigenvalue weighted by molar-refractivity contribution is 6.13. The van der Waals surface area contributed by atoms with Crippen molar-refractivity contribution in [2.45, 2.75) is 32.2 Å². The van der Waals surface area contributed by atoms with Crippen LogP contribution >= 0.6 is 0 Å². The molecule has 2 aromatic carbocycles. The molecule has 3 rings (SSSR count). The molecule has 2 aromatic rings. The van der Waals surface area contributed by atoms with E-state index < -0.39 is 41.5 Å². The molecule has 1 fully saturated rings. The van der Waals surface area contributed by atoms with Crippen molar-refractivity contribution in [2.24, 2.45) is 0 Å². The van der Waals surface area contributed by atoms with Gasteiger partial charge in [-0.05, 0) is 32.0 Å². The van der Waals surface area contributed by atoms with Crippen molar-refractivity contribution >= 4 is 11.6 Å². The number of halogens is 2. The molecule has 0 aromatic heterocycles. The Morgan fingerprint density at radius 2 is 1.85 bits per heavy atom. The van der Waals surface area contributed by atoms with Crippen LogP contribution in [0.5, 0.6) is 0 Å². The van der Waals surface area contributed by atoms with Gasteiger partial charge in [0.2, 0.25) is 0 Å². The van der Waals surface area contributed by atoms with Gasteiger partial charge in [-0.3, -0.25) is 9.59 Å². The highest BCUT2D eigenvalue weighted by atomic mass is 19.1. The fourth-order valence-corrected chi connectivity index (χ4v) is 2.86. The van der Waals surface area contributed by atoms with Gasteiger partial charge in [0.15, 0.2) is 17.4 Å². The third kappa shape index (κ3) is 3.86. The molecule has 0 bridgehead atoms. The van der Waals surface area contributed by atoms with E-state index in [1.54, 1.807) is 13.8 Å². The fourth-order valence-electron chi connectivity index (χ4n) is 2.86. The van der Waals surface area contributed by atoms with Crippen LogP contribution in [-0.2, 0) is 9.47 Å². The van der Waals surface area contributed by atoms with Gasteiger partial charge in [-0.2, -0.15) is 0 Å². The van der Waals surface area contributed by atoms with Crippen LogP contribution in [0.1, 0.15) is 52.7 Å². The van der Waals surface area contributed by atoms with E-state index in [4.69, 9.17) is 9.47 Å². The molecule has 1 atom stereocenters. The Hall–Kier alpha value is -2.44. The zero-order chi connectivity index (χ0) is 18.9. The quantitative estimate of drug-likeness (QED) is 0.591. The first-order valence-electron chi connectivity index (χ1n) is 8.19. The molecule has 4 nitrogen and oxygen atoms in total. The number of ether oxygens (including phenoxy) is 2. The van der Waals surface area contributed by atoms with Crippen LogP contribution in [0.4, 0.5) is 8.78 Å². The van der Waals surface area contributed by atoms with Crippen LogP contribution in [-0.4, -0.2) is 24.0 Å². The Bertz CT molecular complexity index is 861. The second-order valence-electron chi connectivity index (χ2n) is 6.56. The van der Waals surface area contributed by atoms with Crippen LogP contribution in [0.25, 0.3) is 0 Å². The van der Waals surface area contributed by atoms with Gasteiger partial charge >= 0.3 is 0 Å². The van der Waals surface area contributed by atoms with Crippen molar-refractivity contribution < 1.29 is 27.8 Å². The molecular weight excluding hydrogens is 342 g/mol. The number of Topliss-reactive ketones (excluding diaryl/α,β-unsaturated/α-hetero) is 2. The number of hydrogen-bond acceptors (Lipinski definition) is 4. The SMILES string of the molecule is CC1(C)OC[C@@H](c2cccc(C(=O)CC(=O)c3cccc(F)c3)c2F)O1. The molecule has 26 heavy (non-hydrogen) atoms. The summed E-state index contributed by atoms with van der Waals surface area (Å²) in [6.07, 6.45) is -1.17. The lowest BCUT2D eigenvalue weighted by Gasteiger charge is -2.18. The van der Waals surface area contributed by atoms with Gasteiger partial charge in [-0.15, -0.1) is 0 Å². The number of carbonyl (C=O) groups excluding carboxylic acids is 2. The molecule has 1 saturated heterocycles. The molecule has 1 heterocycles.